The Balaban J connectivity index is 1.48. The molecule has 1 atom stereocenters. The molecule has 6 heteroatoms. The molecule has 1 saturated heterocycles. The maximum atomic E-state index is 13.5. The van der Waals surface area contributed by atoms with E-state index in [0.717, 1.165) is 49.9 Å². The number of benzene rings is 1. The summed E-state index contributed by atoms with van der Waals surface area (Å²) < 4.78 is 5.94. The van der Waals surface area contributed by atoms with Crippen molar-refractivity contribution in [2.24, 2.45) is 0 Å². The van der Waals surface area contributed by atoms with Crippen LogP contribution in [0.25, 0.3) is 0 Å². The van der Waals surface area contributed by atoms with Gasteiger partial charge in [-0.15, -0.1) is 5.10 Å². The first-order valence-electron chi connectivity index (χ1n) is 9.59. The van der Waals surface area contributed by atoms with Gasteiger partial charge in [-0.05, 0) is 43.5 Å². The van der Waals surface area contributed by atoms with Crippen molar-refractivity contribution in [1.82, 2.24) is 15.1 Å². The maximum absolute atomic E-state index is 13.5. The van der Waals surface area contributed by atoms with Crippen LogP contribution in [-0.4, -0.2) is 40.2 Å². The smallest absolute Gasteiger partial charge is 0.233 e. The number of hydrogen-bond acceptors (Lipinski definition) is 4. The minimum atomic E-state index is -0.414. The van der Waals surface area contributed by atoms with Crippen LogP contribution in [0.1, 0.15) is 43.4 Å². The van der Waals surface area contributed by atoms with E-state index >= 15 is 0 Å². The van der Waals surface area contributed by atoms with Gasteiger partial charge in [0, 0.05) is 24.1 Å². The van der Waals surface area contributed by atoms with Crippen molar-refractivity contribution in [2.75, 3.05) is 13.1 Å². The Morgan fingerprint density at radius 2 is 1.89 bits per heavy atom. The number of amides is 1. The van der Waals surface area contributed by atoms with Gasteiger partial charge in [0.2, 0.25) is 11.8 Å². The molecule has 4 rings (SSSR count). The van der Waals surface area contributed by atoms with Gasteiger partial charge in [0.1, 0.15) is 6.10 Å². The molecule has 0 radical (unpaired) electrons. The monoisotopic (exact) mass is 385 g/mol. The second-order valence-electron chi connectivity index (χ2n) is 7.59. The minimum absolute atomic E-state index is 0.0328. The molecule has 1 aliphatic heterocycles. The van der Waals surface area contributed by atoms with Crippen molar-refractivity contribution in [3.63, 3.8) is 0 Å². The van der Waals surface area contributed by atoms with Crippen LogP contribution in [0.3, 0.4) is 0 Å². The van der Waals surface area contributed by atoms with Crippen LogP contribution >= 0.6 is 11.6 Å². The molecule has 0 N–H and O–H groups in total. The number of halogens is 1. The van der Waals surface area contributed by atoms with Gasteiger partial charge in [0.25, 0.3) is 0 Å². The number of aromatic nitrogens is 2. The van der Waals surface area contributed by atoms with Gasteiger partial charge >= 0.3 is 0 Å². The molecule has 0 spiro atoms. The Kier molecular flexibility index (Phi) is 5.04. The van der Waals surface area contributed by atoms with Crippen LogP contribution in [-0.2, 0) is 10.2 Å². The summed E-state index contributed by atoms with van der Waals surface area (Å²) in [5.41, 5.74) is 1.53. The number of likely N-dealkylation sites (tertiary alicyclic amines) is 1. The lowest BCUT2D eigenvalue weighted by molar-refractivity contribution is -0.136. The molecule has 1 unspecified atom stereocenters. The number of aryl methyl sites for hydroxylation is 1. The zero-order valence-electron chi connectivity index (χ0n) is 15.5. The van der Waals surface area contributed by atoms with Crippen LogP contribution in [0, 0.1) is 6.92 Å². The molecule has 0 bridgehead atoms. The molecule has 1 aliphatic carbocycles. The largest absolute Gasteiger partial charge is 0.471 e. The molecule has 2 aromatic rings. The van der Waals surface area contributed by atoms with E-state index in [1.165, 1.54) is 0 Å². The molecule has 5 nitrogen and oxygen atoms in total. The van der Waals surface area contributed by atoms with E-state index in [1.54, 1.807) is 0 Å². The van der Waals surface area contributed by atoms with Crippen LogP contribution in [0.15, 0.2) is 36.4 Å². The summed E-state index contributed by atoms with van der Waals surface area (Å²) in [6.45, 7) is 3.21. The summed E-state index contributed by atoms with van der Waals surface area (Å²) in [6, 6.07) is 11.5. The van der Waals surface area contributed by atoms with Crippen LogP contribution in [0.5, 0.6) is 5.88 Å². The molecule has 1 saturated carbocycles. The number of carbonyl (C=O) groups is 1. The first kappa shape index (κ1) is 18.2. The Morgan fingerprint density at radius 3 is 2.56 bits per heavy atom. The van der Waals surface area contributed by atoms with Crippen molar-refractivity contribution in [3.8, 4) is 5.88 Å². The van der Waals surface area contributed by atoms with E-state index in [4.69, 9.17) is 16.3 Å². The number of ether oxygens (including phenoxy) is 1. The predicted molar refractivity (Wildman–Crippen MR) is 104 cm³/mol. The maximum Gasteiger partial charge on any atom is 0.233 e. The zero-order chi connectivity index (χ0) is 18.9. The van der Waals surface area contributed by atoms with Crippen molar-refractivity contribution in [1.29, 1.82) is 0 Å². The average molecular weight is 386 g/mol. The van der Waals surface area contributed by atoms with Gasteiger partial charge in [0.05, 0.1) is 17.7 Å². The first-order valence-corrected chi connectivity index (χ1v) is 9.97. The number of hydrogen-bond donors (Lipinski definition) is 0. The average Bonchev–Trinajstić information content (AvgIpc) is 3.34. The van der Waals surface area contributed by atoms with Gasteiger partial charge in [0.15, 0.2) is 0 Å². The third-order valence-corrected chi connectivity index (χ3v) is 6.01. The standard InChI is InChI=1S/C21H24ClN3O2/c1-15-4-9-19(24-23-15)27-18-10-13-25(14-18)20(26)21(11-2-3-12-21)16-5-7-17(22)8-6-16/h4-9,18H,2-3,10-14H2,1H3. The summed E-state index contributed by atoms with van der Waals surface area (Å²) in [5.74, 6) is 0.747. The van der Waals surface area contributed by atoms with Crippen LogP contribution < -0.4 is 4.74 Å². The van der Waals surface area contributed by atoms with Crippen molar-refractivity contribution < 1.29 is 9.53 Å². The zero-order valence-corrected chi connectivity index (χ0v) is 16.3. The summed E-state index contributed by atoms with van der Waals surface area (Å²) in [4.78, 5) is 15.5. The Morgan fingerprint density at radius 1 is 1.15 bits per heavy atom. The normalized spacial score (nSPS) is 21.4. The quantitative estimate of drug-likeness (QED) is 0.800. The lowest BCUT2D eigenvalue weighted by atomic mass is 9.77. The molecule has 2 aliphatic rings. The first-order chi connectivity index (χ1) is 13.1. The van der Waals surface area contributed by atoms with E-state index in [9.17, 15) is 4.79 Å². The van der Waals surface area contributed by atoms with Gasteiger partial charge in [-0.25, -0.2) is 0 Å². The summed E-state index contributed by atoms with van der Waals surface area (Å²) in [5, 5.41) is 8.80. The van der Waals surface area contributed by atoms with Gasteiger partial charge in [-0.3, -0.25) is 4.79 Å². The summed E-state index contributed by atoms with van der Waals surface area (Å²) in [6.07, 6.45) is 4.76. The van der Waals surface area contributed by atoms with Gasteiger partial charge < -0.3 is 9.64 Å². The number of rotatable bonds is 4. The van der Waals surface area contributed by atoms with E-state index in [0.29, 0.717) is 17.4 Å². The van der Waals surface area contributed by atoms with E-state index in [2.05, 4.69) is 10.2 Å². The third-order valence-electron chi connectivity index (χ3n) is 5.76. The minimum Gasteiger partial charge on any atom is -0.471 e. The highest BCUT2D eigenvalue weighted by Gasteiger charge is 2.46. The van der Waals surface area contributed by atoms with Gasteiger partial charge in [-0.2, -0.15) is 5.10 Å². The molecule has 142 valence electrons. The van der Waals surface area contributed by atoms with Crippen LogP contribution in [0.4, 0.5) is 0 Å². The number of nitrogens with zero attached hydrogens (tertiary/aromatic N) is 3. The molecule has 1 aromatic heterocycles. The second kappa shape index (κ2) is 7.47. The highest BCUT2D eigenvalue weighted by Crippen LogP contribution is 2.43. The van der Waals surface area contributed by atoms with E-state index in [1.807, 2.05) is 48.2 Å². The lowest BCUT2D eigenvalue weighted by Crippen LogP contribution is -2.45. The van der Waals surface area contributed by atoms with Crippen molar-refractivity contribution in [3.05, 3.63) is 52.7 Å². The molecular weight excluding hydrogens is 362 g/mol. The summed E-state index contributed by atoms with van der Waals surface area (Å²) >= 11 is 6.05. The Labute approximate surface area is 164 Å². The second-order valence-corrected chi connectivity index (χ2v) is 8.03. The predicted octanol–water partition coefficient (Wildman–Crippen LogP) is 3.93. The molecule has 27 heavy (non-hydrogen) atoms. The van der Waals surface area contributed by atoms with Crippen molar-refractivity contribution >= 4 is 17.5 Å². The van der Waals surface area contributed by atoms with E-state index < -0.39 is 5.41 Å². The molecule has 1 aromatic carbocycles. The van der Waals surface area contributed by atoms with E-state index in [-0.39, 0.29) is 12.0 Å². The molecular formula is C21H24ClN3O2. The van der Waals surface area contributed by atoms with Gasteiger partial charge in [-0.1, -0.05) is 36.6 Å². The van der Waals surface area contributed by atoms with Crippen LogP contribution in [0.2, 0.25) is 5.02 Å². The highest BCUT2D eigenvalue weighted by molar-refractivity contribution is 6.30. The molecule has 2 fully saturated rings. The molecule has 1 amide bonds. The number of carbonyl (C=O) groups excluding carboxylic acids is 1. The topological polar surface area (TPSA) is 55.3 Å². The lowest BCUT2D eigenvalue weighted by Gasteiger charge is -2.33. The SMILES string of the molecule is Cc1ccc(OC2CCN(C(=O)C3(c4ccc(Cl)cc4)CCCC3)C2)nn1. The van der Waals surface area contributed by atoms with Crippen molar-refractivity contribution in [2.45, 2.75) is 50.5 Å². The fourth-order valence-electron chi connectivity index (χ4n) is 4.31. The fraction of sp³-hybridized carbons (Fsp3) is 0.476. The fourth-order valence-corrected chi connectivity index (χ4v) is 4.43. The Hall–Kier alpha value is -2.14. The third kappa shape index (κ3) is 3.65. The highest BCUT2D eigenvalue weighted by atomic mass is 35.5. The summed E-state index contributed by atoms with van der Waals surface area (Å²) in [7, 11) is 0. The molecule has 2 heterocycles. The Bertz CT molecular complexity index is 801.